The minimum atomic E-state index is 0.404. The van der Waals surface area contributed by atoms with E-state index in [1.807, 2.05) is 28.8 Å². The van der Waals surface area contributed by atoms with Gasteiger partial charge in [-0.25, -0.2) is 0 Å². The Morgan fingerprint density at radius 2 is 2.32 bits per heavy atom. The maximum atomic E-state index is 5.46. The highest BCUT2D eigenvalue weighted by atomic mass is 16.5. The van der Waals surface area contributed by atoms with Crippen LogP contribution in [0.3, 0.4) is 0 Å². The molecule has 0 amide bonds. The summed E-state index contributed by atoms with van der Waals surface area (Å²) in [6.07, 6.45) is 7.13. The third kappa shape index (κ3) is 2.77. The molecular formula is C14H20N4O. The lowest BCUT2D eigenvalue weighted by Crippen LogP contribution is -2.36. The molecule has 5 heteroatoms. The van der Waals surface area contributed by atoms with E-state index in [1.165, 1.54) is 19.3 Å². The molecule has 0 radical (unpaired) electrons. The molecule has 0 bridgehead atoms. The largest absolute Gasteiger partial charge is 0.381 e. The summed E-state index contributed by atoms with van der Waals surface area (Å²) in [5.74, 6) is 0.968. The van der Waals surface area contributed by atoms with Gasteiger partial charge in [0.05, 0.1) is 12.6 Å². The zero-order valence-electron chi connectivity index (χ0n) is 11.2. The Morgan fingerprint density at radius 1 is 1.37 bits per heavy atom. The van der Waals surface area contributed by atoms with E-state index in [0.717, 1.165) is 24.4 Å². The molecule has 2 unspecified atom stereocenters. The minimum absolute atomic E-state index is 0.404. The fourth-order valence-corrected chi connectivity index (χ4v) is 2.79. The number of fused-ring (bicyclic) bond motifs is 1. The van der Waals surface area contributed by atoms with Crippen LogP contribution < -0.4 is 5.32 Å². The monoisotopic (exact) mass is 260 g/mol. The zero-order valence-corrected chi connectivity index (χ0v) is 11.2. The summed E-state index contributed by atoms with van der Waals surface area (Å²) in [4.78, 5) is 0. The van der Waals surface area contributed by atoms with Crippen LogP contribution in [0, 0.1) is 0 Å². The van der Waals surface area contributed by atoms with Gasteiger partial charge in [0, 0.05) is 19.3 Å². The number of aromatic nitrogens is 3. The molecule has 1 saturated carbocycles. The van der Waals surface area contributed by atoms with Crippen molar-refractivity contribution < 1.29 is 4.74 Å². The second-order valence-electron chi connectivity index (χ2n) is 5.15. The van der Waals surface area contributed by atoms with Crippen molar-refractivity contribution in [2.75, 3.05) is 7.11 Å². The van der Waals surface area contributed by atoms with E-state index in [9.17, 15) is 0 Å². The maximum Gasteiger partial charge on any atom is 0.160 e. The molecular weight excluding hydrogens is 240 g/mol. The molecule has 1 aliphatic rings. The Morgan fingerprint density at radius 3 is 3.21 bits per heavy atom. The van der Waals surface area contributed by atoms with E-state index >= 15 is 0 Å². The van der Waals surface area contributed by atoms with Gasteiger partial charge in [-0.05, 0) is 37.8 Å². The Bertz CT molecular complexity index is 539. The van der Waals surface area contributed by atoms with Gasteiger partial charge in [0.1, 0.15) is 0 Å². The zero-order chi connectivity index (χ0) is 13.1. The fourth-order valence-electron chi connectivity index (χ4n) is 2.79. The van der Waals surface area contributed by atoms with E-state index in [1.54, 1.807) is 7.11 Å². The van der Waals surface area contributed by atoms with E-state index in [-0.39, 0.29) is 0 Å². The van der Waals surface area contributed by atoms with Gasteiger partial charge in [0.15, 0.2) is 11.5 Å². The quantitative estimate of drug-likeness (QED) is 0.910. The molecule has 1 fully saturated rings. The number of nitrogens with zero attached hydrogens (tertiary/aromatic N) is 3. The molecule has 2 aromatic rings. The van der Waals surface area contributed by atoms with Crippen LogP contribution in [0.5, 0.6) is 0 Å². The lowest BCUT2D eigenvalue weighted by molar-refractivity contribution is 0.0585. The molecule has 5 nitrogen and oxygen atoms in total. The molecule has 1 N–H and O–H groups in total. The molecule has 0 aromatic carbocycles. The van der Waals surface area contributed by atoms with Crippen LogP contribution in [-0.4, -0.2) is 33.9 Å². The molecule has 1 aliphatic carbocycles. The van der Waals surface area contributed by atoms with E-state index in [0.29, 0.717) is 12.1 Å². The molecule has 3 rings (SSSR count). The molecule has 0 aliphatic heterocycles. The van der Waals surface area contributed by atoms with Gasteiger partial charge in [-0.1, -0.05) is 6.07 Å². The van der Waals surface area contributed by atoms with Crippen molar-refractivity contribution in [1.82, 2.24) is 19.9 Å². The summed E-state index contributed by atoms with van der Waals surface area (Å²) in [5, 5.41) is 12.0. The van der Waals surface area contributed by atoms with Crippen LogP contribution in [0.25, 0.3) is 5.65 Å². The third-order valence-corrected chi connectivity index (χ3v) is 3.89. The summed E-state index contributed by atoms with van der Waals surface area (Å²) in [6.45, 7) is 0.756. The predicted octanol–water partition coefficient (Wildman–Crippen LogP) is 1.78. The SMILES string of the molecule is COC1CCCC(NCc2nnc3ccccn23)C1. The Balaban J connectivity index is 1.63. The molecule has 2 atom stereocenters. The van der Waals surface area contributed by atoms with Gasteiger partial charge < -0.3 is 10.1 Å². The van der Waals surface area contributed by atoms with Crippen LogP contribution >= 0.6 is 0 Å². The third-order valence-electron chi connectivity index (χ3n) is 3.89. The van der Waals surface area contributed by atoms with Gasteiger partial charge in [-0.15, -0.1) is 10.2 Å². The summed E-state index contributed by atoms with van der Waals surface area (Å²) in [6, 6.07) is 6.47. The van der Waals surface area contributed by atoms with Gasteiger partial charge >= 0.3 is 0 Å². The van der Waals surface area contributed by atoms with Crippen LogP contribution in [0.4, 0.5) is 0 Å². The summed E-state index contributed by atoms with van der Waals surface area (Å²) in [5.41, 5.74) is 0.901. The smallest absolute Gasteiger partial charge is 0.160 e. The van der Waals surface area contributed by atoms with Crippen LogP contribution in [-0.2, 0) is 11.3 Å². The van der Waals surface area contributed by atoms with Crippen molar-refractivity contribution >= 4 is 5.65 Å². The first kappa shape index (κ1) is 12.6. The highest BCUT2D eigenvalue weighted by Gasteiger charge is 2.21. The van der Waals surface area contributed by atoms with E-state index in [2.05, 4.69) is 15.5 Å². The highest BCUT2D eigenvalue weighted by molar-refractivity contribution is 5.36. The molecule has 0 saturated heterocycles. The van der Waals surface area contributed by atoms with Crippen LogP contribution in [0.1, 0.15) is 31.5 Å². The average molecular weight is 260 g/mol. The molecule has 102 valence electrons. The molecule has 2 heterocycles. The predicted molar refractivity (Wildman–Crippen MR) is 72.9 cm³/mol. The average Bonchev–Trinajstić information content (AvgIpc) is 2.89. The Labute approximate surface area is 113 Å². The Hall–Kier alpha value is -1.46. The summed E-state index contributed by atoms with van der Waals surface area (Å²) < 4.78 is 7.49. The van der Waals surface area contributed by atoms with E-state index in [4.69, 9.17) is 4.74 Å². The van der Waals surface area contributed by atoms with Gasteiger partial charge in [0.2, 0.25) is 0 Å². The topological polar surface area (TPSA) is 51.5 Å². The lowest BCUT2D eigenvalue weighted by Gasteiger charge is -2.28. The van der Waals surface area contributed by atoms with Crippen molar-refractivity contribution in [1.29, 1.82) is 0 Å². The van der Waals surface area contributed by atoms with Gasteiger partial charge in [-0.2, -0.15) is 0 Å². The maximum absolute atomic E-state index is 5.46. The van der Waals surface area contributed by atoms with Crippen LogP contribution in [0.2, 0.25) is 0 Å². The van der Waals surface area contributed by atoms with Crippen molar-refractivity contribution in [3.05, 3.63) is 30.2 Å². The number of pyridine rings is 1. The minimum Gasteiger partial charge on any atom is -0.381 e. The summed E-state index contributed by atoms with van der Waals surface area (Å²) in [7, 11) is 1.80. The number of rotatable bonds is 4. The van der Waals surface area contributed by atoms with Crippen molar-refractivity contribution in [3.8, 4) is 0 Å². The lowest BCUT2D eigenvalue weighted by atomic mass is 9.93. The number of ether oxygens (including phenoxy) is 1. The Kier molecular flexibility index (Phi) is 3.75. The van der Waals surface area contributed by atoms with E-state index < -0.39 is 0 Å². The van der Waals surface area contributed by atoms with Crippen LogP contribution in [0.15, 0.2) is 24.4 Å². The second kappa shape index (κ2) is 5.67. The fraction of sp³-hybridized carbons (Fsp3) is 0.571. The first-order valence-electron chi connectivity index (χ1n) is 6.91. The number of methoxy groups -OCH3 is 1. The van der Waals surface area contributed by atoms with Gasteiger partial charge in [0.25, 0.3) is 0 Å². The number of hydrogen-bond donors (Lipinski definition) is 1. The number of nitrogens with one attached hydrogen (secondary N) is 1. The van der Waals surface area contributed by atoms with Crippen molar-refractivity contribution in [2.45, 2.75) is 44.4 Å². The summed E-state index contributed by atoms with van der Waals surface area (Å²) >= 11 is 0. The first-order valence-corrected chi connectivity index (χ1v) is 6.91. The molecule has 0 spiro atoms. The molecule has 19 heavy (non-hydrogen) atoms. The number of hydrogen-bond acceptors (Lipinski definition) is 4. The second-order valence-corrected chi connectivity index (χ2v) is 5.15. The molecule has 2 aromatic heterocycles. The first-order chi connectivity index (χ1) is 9.36. The highest BCUT2D eigenvalue weighted by Crippen LogP contribution is 2.20. The normalized spacial score (nSPS) is 23.8. The van der Waals surface area contributed by atoms with Crippen molar-refractivity contribution in [3.63, 3.8) is 0 Å². The van der Waals surface area contributed by atoms with Gasteiger partial charge in [-0.3, -0.25) is 4.40 Å². The van der Waals surface area contributed by atoms with Crippen molar-refractivity contribution in [2.24, 2.45) is 0 Å². The standard InChI is InChI=1S/C14H20N4O/c1-19-12-6-4-5-11(9-12)15-10-14-17-16-13-7-2-3-8-18(13)14/h2-3,7-8,11-12,15H,4-6,9-10H2,1H3.